The second kappa shape index (κ2) is 8.49. The van der Waals surface area contributed by atoms with Crippen LogP contribution in [0.15, 0.2) is 48.5 Å². The third-order valence-electron chi connectivity index (χ3n) is 3.46. The molecule has 0 atom stereocenters. The van der Waals surface area contributed by atoms with Crippen LogP contribution in [0.2, 0.25) is 0 Å². The summed E-state index contributed by atoms with van der Waals surface area (Å²) in [6, 6.07) is 15.3. The monoisotopic (exact) mass is 316 g/mol. The van der Waals surface area contributed by atoms with Crippen LogP contribution in [0.1, 0.15) is 16.7 Å². The predicted molar refractivity (Wildman–Crippen MR) is 93.6 cm³/mol. The van der Waals surface area contributed by atoms with Gasteiger partial charge in [-0.15, -0.1) is 0 Å². The fraction of sp³-hybridized carbons (Fsp3) is 0.278. The molecule has 116 valence electrons. The van der Waals surface area contributed by atoms with E-state index >= 15 is 0 Å². The first kappa shape index (κ1) is 16.4. The van der Waals surface area contributed by atoms with Gasteiger partial charge in [-0.3, -0.25) is 0 Å². The molecule has 0 spiro atoms. The molecule has 2 rings (SSSR count). The number of rotatable bonds is 6. The second-order valence-electron chi connectivity index (χ2n) is 5.26. The Kier molecular flexibility index (Phi) is 6.34. The van der Waals surface area contributed by atoms with Crippen molar-refractivity contribution in [1.82, 2.24) is 10.6 Å². The minimum atomic E-state index is -0.164. The minimum absolute atomic E-state index is 0.164. The van der Waals surface area contributed by atoms with E-state index in [0.29, 0.717) is 23.6 Å². The zero-order valence-corrected chi connectivity index (χ0v) is 13.5. The van der Waals surface area contributed by atoms with E-state index in [2.05, 4.69) is 41.8 Å². The standard InChI is InChI=1S/C18H21FN2S/c1-14-6-8-15(9-7-14)10-12-20-18(22)21-13-11-16-4-2-3-5-17(16)19/h2-9H,10-13H2,1H3,(H2,20,21,22). The largest absolute Gasteiger partial charge is 0.362 e. The Morgan fingerprint density at radius 3 is 2.27 bits per heavy atom. The van der Waals surface area contributed by atoms with E-state index in [1.807, 2.05) is 6.07 Å². The number of benzene rings is 2. The molecular formula is C18H21FN2S. The lowest BCUT2D eigenvalue weighted by molar-refractivity contribution is 0.607. The minimum Gasteiger partial charge on any atom is -0.362 e. The maximum Gasteiger partial charge on any atom is 0.166 e. The highest BCUT2D eigenvalue weighted by Crippen LogP contribution is 2.06. The Balaban J connectivity index is 1.64. The van der Waals surface area contributed by atoms with E-state index in [1.165, 1.54) is 17.2 Å². The molecule has 2 aromatic carbocycles. The number of aryl methyl sites for hydroxylation is 1. The van der Waals surface area contributed by atoms with Crippen LogP contribution in [0.3, 0.4) is 0 Å². The van der Waals surface area contributed by atoms with Gasteiger partial charge in [0.15, 0.2) is 5.11 Å². The summed E-state index contributed by atoms with van der Waals surface area (Å²) in [7, 11) is 0. The molecule has 0 unspecified atom stereocenters. The fourth-order valence-corrected chi connectivity index (χ4v) is 2.35. The van der Waals surface area contributed by atoms with Crippen LogP contribution >= 0.6 is 12.2 Å². The predicted octanol–water partition coefficient (Wildman–Crippen LogP) is 3.38. The van der Waals surface area contributed by atoms with Crippen LogP contribution < -0.4 is 10.6 Å². The van der Waals surface area contributed by atoms with E-state index in [-0.39, 0.29) is 5.82 Å². The molecule has 22 heavy (non-hydrogen) atoms. The van der Waals surface area contributed by atoms with Crippen molar-refractivity contribution in [2.45, 2.75) is 19.8 Å². The van der Waals surface area contributed by atoms with Crippen LogP contribution in [0.5, 0.6) is 0 Å². The first-order valence-electron chi connectivity index (χ1n) is 7.46. The van der Waals surface area contributed by atoms with E-state index in [1.54, 1.807) is 12.1 Å². The summed E-state index contributed by atoms with van der Waals surface area (Å²) in [6.07, 6.45) is 1.54. The number of thiocarbonyl (C=S) groups is 1. The molecule has 4 heteroatoms. The highest BCUT2D eigenvalue weighted by atomic mass is 32.1. The summed E-state index contributed by atoms with van der Waals surface area (Å²) in [4.78, 5) is 0. The highest BCUT2D eigenvalue weighted by Gasteiger charge is 2.01. The van der Waals surface area contributed by atoms with Crippen molar-refractivity contribution in [3.05, 3.63) is 71.0 Å². The fourth-order valence-electron chi connectivity index (χ4n) is 2.15. The lowest BCUT2D eigenvalue weighted by atomic mass is 10.1. The number of nitrogens with one attached hydrogen (secondary N) is 2. The van der Waals surface area contributed by atoms with Gasteiger partial charge in [0.25, 0.3) is 0 Å². The van der Waals surface area contributed by atoms with Crippen LogP contribution in [0.4, 0.5) is 4.39 Å². The maximum absolute atomic E-state index is 13.5. The summed E-state index contributed by atoms with van der Waals surface area (Å²) < 4.78 is 13.5. The van der Waals surface area contributed by atoms with Gasteiger partial charge in [0.05, 0.1) is 0 Å². The normalized spacial score (nSPS) is 10.3. The van der Waals surface area contributed by atoms with Crippen LogP contribution in [-0.2, 0) is 12.8 Å². The van der Waals surface area contributed by atoms with Crippen molar-refractivity contribution in [2.24, 2.45) is 0 Å². The van der Waals surface area contributed by atoms with Gasteiger partial charge in [-0.25, -0.2) is 4.39 Å². The summed E-state index contributed by atoms with van der Waals surface area (Å²) in [5.74, 6) is -0.164. The molecule has 0 saturated carbocycles. The van der Waals surface area contributed by atoms with E-state index in [4.69, 9.17) is 12.2 Å². The van der Waals surface area contributed by atoms with Crippen molar-refractivity contribution in [1.29, 1.82) is 0 Å². The molecule has 2 N–H and O–H groups in total. The molecule has 0 aliphatic rings. The average Bonchev–Trinajstić information content (AvgIpc) is 2.51. The third kappa shape index (κ3) is 5.45. The quantitative estimate of drug-likeness (QED) is 0.799. The second-order valence-corrected chi connectivity index (χ2v) is 5.67. The van der Waals surface area contributed by atoms with E-state index in [9.17, 15) is 4.39 Å². The number of hydrogen-bond donors (Lipinski definition) is 2. The van der Waals surface area contributed by atoms with Crippen LogP contribution in [0, 0.1) is 12.7 Å². The summed E-state index contributed by atoms with van der Waals surface area (Å²) >= 11 is 5.22. The third-order valence-corrected chi connectivity index (χ3v) is 3.75. The zero-order valence-electron chi connectivity index (χ0n) is 12.7. The lowest BCUT2D eigenvalue weighted by Gasteiger charge is -2.11. The topological polar surface area (TPSA) is 24.1 Å². The number of halogens is 1. The van der Waals surface area contributed by atoms with E-state index < -0.39 is 0 Å². The van der Waals surface area contributed by atoms with Crippen molar-refractivity contribution in [3.8, 4) is 0 Å². The Bertz CT molecular complexity index is 611. The maximum atomic E-state index is 13.5. The molecule has 0 aliphatic carbocycles. The Labute approximate surface area is 136 Å². The van der Waals surface area contributed by atoms with E-state index in [0.717, 1.165) is 13.0 Å². The van der Waals surface area contributed by atoms with Crippen molar-refractivity contribution >= 4 is 17.3 Å². The van der Waals surface area contributed by atoms with Gasteiger partial charge < -0.3 is 10.6 Å². The highest BCUT2D eigenvalue weighted by molar-refractivity contribution is 7.80. The van der Waals surface area contributed by atoms with Crippen LogP contribution in [-0.4, -0.2) is 18.2 Å². The molecule has 0 aromatic heterocycles. The Morgan fingerprint density at radius 1 is 0.955 bits per heavy atom. The molecule has 0 amide bonds. The van der Waals surface area contributed by atoms with Gasteiger partial charge in [0, 0.05) is 13.1 Å². The smallest absolute Gasteiger partial charge is 0.166 e. The van der Waals surface area contributed by atoms with Gasteiger partial charge in [0.1, 0.15) is 5.82 Å². The average molecular weight is 316 g/mol. The Hall–Kier alpha value is -1.94. The molecule has 0 fully saturated rings. The van der Waals surface area contributed by atoms with Gasteiger partial charge in [0.2, 0.25) is 0 Å². The summed E-state index contributed by atoms with van der Waals surface area (Å²) in [6.45, 7) is 3.49. The van der Waals surface area contributed by atoms with Gasteiger partial charge >= 0.3 is 0 Å². The molecule has 0 bridgehead atoms. The first-order chi connectivity index (χ1) is 10.6. The molecule has 2 aromatic rings. The summed E-state index contributed by atoms with van der Waals surface area (Å²) in [5.41, 5.74) is 3.26. The van der Waals surface area contributed by atoms with Crippen molar-refractivity contribution in [2.75, 3.05) is 13.1 Å². The molecule has 0 saturated heterocycles. The Morgan fingerprint density at radius 2 is 1.59 bits per heavy atom. The SMILES string of the molecule is Cc1ccc(CCNC(=S)NCCc2ccccc2F)cc1. The lowest BCUT2D eigenvalue weighted by Crippen LogP contribution is -2.37. The molecule has 0 aliphatic heterocycles. The molecule has 0 radical (unpaired) electrons. The van der Waals surface area contributed by atoms with Gasteiger partial charge in [-0.1, -0.05) is 48.0 Å². The van der Waals surface area contributed by atoms with Crippen LogP contribution in [0.25, 0.3) is 0 Å². The van der Waals surface area contributed by atoms with Gasteiger partial charge in [-0.05, 0) is 49.2 Å². The number of hydrogen-bond acceptors (Lipinski definition) is 1. The molecule has 2 nitrogen and oxygen atoms in total. The molecule has 0 heterocycles. The van der Waals surface area contributed by atoms with Gasteiger partial charge in [-0.2, -0.15) is 0 Å². The zero-order chi connectivity index (χ0) is 15.8. The summed E-state index contributed by atoms with van der Waals surface area (Å²) in [5, 5.41) is 6.89. The van der Waals surface area contributed by atoms with Crippen molar-refractivity contribution in [3.63, 3.8) is 0 Å². The van der Waals surface area contributed by atoms with Crippen molar-refractivity contribution < 1.29 is 4.39 Å². The first-order valence-corrected chi connectivity index (χ1v) is 7.86. The molecular weight excluding hydrogens is 295 g/mol.